The minimum atomic E-state index is -0.00669. The monoisotopic (exact) mass is 206 g/mol. The van der Waals surface area contributed by atoms with Gasteiger partial charge in [0, 0.05) is 5.92 Å². The lowest BCUT2D eigenvalue weighted by molar-refractivity contribution is 0.377. The average molecular weight is 206 g/mol. The molecule has 2 heterocycles. The van der Waals surface area contributed by atoms with Crippen molar-refractivity contribution in [2.75, 3.05) is 0 Å². The van der Waals surface area contributed by atoms with Crippen LogP contribution in [0.25, 0.3) is 5.95 Å². The average Bonchev–Trinajstić information content (AvgIpc) is 2.89. The molecule has 1 aliphatic rings. The second kappa shape index (κ2) is 2.82. The van der Waals surface area contributed by atoms with E-state index in [0.717, 1.165) is 12.8 Å². The molecule has 1 fully saturated rings. The van der Waals surface area contributed by atoms with E-state index in [1.54, 1.807) is 11.5 Å². The Kier molecular flexibility index (Phi) is 1.59. The molecule has 0 saturated heterocycles. The molecular weight excluding hydrogens is 196 g/mol. The second-order valence-corrected chi connectivity index (χ2v) is 3.73. The Morgan fingerprint density at radius 3 is 2.93 bits per heavy atom. The van der Waals surface area contributed by atoms with Gasteiger partial charge in [0.1, 0.15) is 6.33 Å². The highest BCUT2D eigenvalue weighted by Crippen LogP contribution is 2.39. The maximum atomic E-state index is 9.31. The van der Waals surface area contributed by atoms with Crippen molar-refractivity contribution >= 4 is 0 Å². The third kappa shape index (κ3) is 1.29. The maximum Gasteiger partial charge on any atom is 0.275 e. The predicted molar refractivity (Wildman–Crippen MR) is 49.8 cm³/mol. The van der Waals surface area contributed by atoms with Gasteiger partial charge in [-0.15, -0.1) is 0 Å². The van der Waals surface area contributed by atoms with Crippen LogP contribution in [0.2, 0.25) is 0 Å². The van der Waals surface area contributed by atoms with Crippen molar-refractivity contribution < 1.29 is 9.63 Å². The lowest BCUT2D eigenvalue weighted by Gasteiger charge is -1.95. The van der Waals surface area contributed by atoms with Crippen molar-refractivity contribution in [3.05, 3.63) is 17.9 Å². The molecule has 0 aliphatic heterocycles. The molecule has 0 radical (unpaired) electrons. The highest BCUT2D eigenvalue weighted by molar-refractivity contribution is 5.24. The number of nitrogens with zero attached hydrogens (tertiary/aromatic N) is 4. The molecule has 0 aromatic carbocycles. The van der Waals surface area contributed by atoms with E-state index in [2.05, 4.69) is 15.1 Å². The zero-order valence-electron chi connectivity index (χ0n) is 8.21. The van der Waals surface area contributed by atoms with Crippen molar-refractivity contribution in [1.82, 2.24) is 19.7 Å². The Labute approximate surface area is 85.6 Å². The standard InChI is InChI=1S/C9H10N4O2/c1-5-7(14)10-4-13(5)9-11-8(15-12-9)6-2-3-6/h4,6,14H,2-3H2,1H3. The van der Waals surface area contributed by atoms with E-state index in [1.807, 2.05) is 0 Å². The van der Waals surface area contributed by atoms with E-state index in [4.69, 9.17) is 4.52 Å². The van der Waals surface area contributed by atoms with Crippen LogP contribution in [0.4, 0.5) is 0 Å². The molecule has 3 rings (SSSR count). The normalized spacial score (nSPS) is 15.8. The van der Waals surface area contributed by atoms with Crippen molar-refractivity contribution in [1.29, 1.82) is 0 Å². The number of aromatic nitrogens is 4. The van der Waals surface area contributed by atoms with Gasteiger partial charge in [0.05, 0.1) is 5.69 Å². The molecule has 6 heteroatoms. The zero-order valence-corrected chi connectivity index (χ0v) is 8.21. The summed E-state index contributed by atoms with van der Waals surface area (Å²) in [4.78, 5) is 8.01. The van der Waals surface area contributed by atoms with Gasteiger partial charge >= 0.3 is 0 Å². The van der Waals surface area contributed by atoms with Crippen LogP contribution in [-0.4, -0.2) is 24.8 Å². The van der Waals surface area contributed by atoms with Gasteiger partial charge in [-0.05, 0) is 24.9 Å². The van der Waals surface area contributed by atoms with Crippen LogP contribution in [0, 0.1) is 6.92 Å². The quantitative estimate of drug-likeness (QED) is 0.797. The molecule has 0 amide bonds. The summed E-state index contributed by atoms with van der Waals surface area (Å²) in [5, 5.41) is 13.2. The van der Waals surface area contributed by atoms with Crippen LogP contribution < -0.4 is 0 Å². The molecule has 0 bridgehead atoms. The first-order valence-electron chi connectivity index (χ1n) is 4.82. The largest absolute Gasteiger partial charge is 0.492 e. The van der Waals surface area contributed by atoms with Crippen molar-refractivity contribution in [3.8, 4) is 11.8 Å². The summed E-state index contributed by atoms with van der Waals surface area (Å²) < 4.78 is 6.72. The van der Waals surface area contributed by atoms with Gasteiger partial charge in [0.2, 0.25) is 11.8 Å². The van der Waals surface area contributed by atoms with E-state index in [0.29, 0.717) is 23.5 Å². The van der Waals surface area contributed by atoms with Gasteiger partial charge in [-0.2, -0.15) is 4.98 Å². The van der Waals surface area contributed by atoms with Gasteiger partial charge in [-0.25, -0.2) is 4.98 Å². The smallest absolute Gasteiger partial charge is 0.275 e. The van der Waals surface area contributed by atoms with Crippen LogP contribution in [0.15, 0.2) is 10.9 Å². The lowest BCUT2D eigenvalue weighted by Crippen LogP contribution is -1.97. The number of rotatable bonds is 2. The molecular formula is C9H10N4O2. The minimum Gasteiger partial charge on any atom is -0.492 e. The summed E-state index contributed by atoms with van der Waals surface area (Å²) in [6, 6.07) is 0. The fraction of sp³-hybridized carbons (Fsp3) is 0.444. The van der Waals surface area contributed by atoms with Crippen LogP contribution in [0.3, 0.4) is 0 Å². The van der Waals surface area contributed by atoms with E-state index >= 15 is 0 Å². The number of aromatic hydroxyl groups is 1. The van der Waals surface area contributed by atoms with E-state index in [9.17, 15) is 5.11 Å². The summed E-state index contributed by atoms with van der Waals surface area (Å²) in [5.41, 5.74) is 0.609. The maximum absolute atomic E-state index is 9.31. The Morgan fingerprint density at radius 2 is 2.33 bits per heavy atom. The van der Waals surface area contributed by atoms with Gasteiger partial charge in [-0.3, -0.25) is 4.57 Å². The molecule has 1 saturated carbocycles. The van der Waals surface area contributed by atoms with E-state index in [-0.39, 0.29) is 5.88 Å². The van der Waals surface area contributed by atoms with Gasteiger partial charge in [0.25, 0.3) is 5.95 Å². The highest BCUT2D eigenvalue weighted by atomic mass is 16.5. The fourth-order valence-electron chi connectivity index (χ4n) is 1.42. The molecule has 15 heavy (non-hydrogen) atoms. The summed E-state index contributed by atoms with van der Waals surface area (Å²) in [7, 11) is 0. The molecule has 0 unspecified atom stereocenters. The van der Waals surface area contributed by atoms with Crippen molar-refractivity contribution in [2.24, 2.45) is 0 Å². The number of hydrogen-bond donors (Lipinski definition) is 1. The summed E-state index contributed by atoms with van der Waals surface area (Å²) in [6.45, 7) is 1.75. The molecule has 0 atom stereocenters. The topological polar surface area (TPSA) is 77.0 Å². The molecule has 2 aromatic rings. The zero-order chi connectivity index (χ0) is 10.4. The van der Waals surface area contributed by atoms with Gasteiger partial charge < -0.3 is 9.63 Å². The van der Waals surface area contributed by atoms with Gasteiger partial charge in [0.15, 0.2) is 0 Å². The van der Waals surface area contributed by atoms with Crippen LogP contribution >= 0.6 is 0 Å². The van der Waals surface area contributed by atoms with E-state index < -0.39 is 0 Å². The fourth-order valence-corrected chi connectivity index (χ4v) is 1.42. The molecule has 0 spiro atoms. The lowest BCUT2D eigenvalue weighted by atomic mass is 10.4. The third-order valence-corrected chi connectivity index (χ3v) is 2.55. The third-order valence-electron chi connectivity index (χ3n) is 2.55. The molecule has 78 valence electrons. The predicted octanol–water partition coefficient (Wildman–Crippen LogP) is 1.15. The molecule has 2 aromatic heterocycles. The Hall–Kier alpha value is -1.85. The van der Waals surface area contributed by atoms with Crippen LogP contribution in [-0.2, 0) is 0 Å². The SMILES string of the molecule is Cc1c(O)ncn1-c1noc(C2CC2)n1. The molecule has 6 nitrogen and oxygen atoms in total. The van der Waals surface area contributed by atoms with Crippen molar-refractivity contribution in [3.63, 3.8) is 0 Å². The first-order chi connectivity index (χ1) is 7.25. The van der Waals surface area contributed by atoms with Crippen LogP contribution in [0.1, 0.15) is 30.3 Å². The summed E-state index contributed by atoms with van der Waals surface area (Å²) >= 11 is 0. The van der Waals surface area contributed by atoms with Crippen LogP contribution in [0.5, 0.6) is 5.88 Å². The molecule has 1 aliphatic carbocycles. The Morgan fingerprint density at radius 1 is 1.53 bits per heavy atom. The minimum absolute atomic E-state index is 0.00669. The first kappa shape index (κ1) is 8.46. The van der Waals surface area contributed by atoms with Crippen molar-refractivity contribution in [2.45, 2.75) is 25.7 Å². The number of imidazole rings is 1. The van der Waals surface area contributed by atoms with Gasteiger partial charge in [-0.1, -0.05) is 0 Å². The Bertz CT molecular complexity index is 498. The first-order valence-corrected chi connectivity index (χ1v) is 4.82. The summed E-state index contributed by atoms with van der Waals surface area (Å²) in [5.74, 6) is 1.54. The van der Waals surface area contributed by atoms with E-state index in [1.165, 1.54) is 6.33 Å². The molecule has 1 N–H and O–H groups in total. The highest BCUT2D eigenvalue weighted by Gasteiger charge is 2.30. The number of hydrogen-bond acceptors (Lipinski definition) is 5. The summed E-state index contributed by atoms with van der Waals surface area (Å²) in [6.07, 6.45) is 3.72. The second-order valence-electron chi connectivity index (χ2n) is 3.73. The Balaban J connectivity index is 2.00.